The fraction of sp³-hybridized carbons (Fsp3) is 0.375. The summed E-state index contributed by atoms with van der Waals surface area (Å²) in [5.41, 5.74) is 2.34. The number of nitrogens with zero attached hydrogens (tertiary/aromatic N) is 2. The van der Waals surface area contributed by atoms with Crippen molar-refractivity contribution in [3.8, 4) is 5.75 Å². The van der Waals surface area contributed by atoms with Crippen molar-refractivity contribution >= 4 is 27.5 Å². The summed E-state index contributed by atoms with van der Waals surface area (Å²) in [5.74, 6) is 0.138. The Morgan fingerprint density at radius 1 is 0.902 bits per heavy atom. The van der Waals surface area contributed by atoms with Crippen LogP contribution in [0, 0.1) is 0 Å². The topological polar surface area (TPSA) is 96.0 Å². The molecule has 0 aliphatic rings. The van der Waals surface area contributed by atoms with Crippen LogP contribution in [0.5, 0.6) is 5.75 Å². The Hall–Kier alpha value is -3.85. The molecule has 1 N–H and O–H groups in total. The molecule has 0 heterocycles. The van der Waals surface area contributed by atoms with Gasteiger partial charge < -0.3 is 15.0 Å². The van der Waals surface area contributed by atoms with E-state index in [1.807, 2.05) is 60.7 Å². The molecule has 3 aromatic carbocycles. The molecule has 0 aliphatic heterocycles. The summed E-state index contributed by atoms with van der Waals surface area (Å²) in [5, 5.41) is 3.02. The summed E-state index contributed by atoms with van der Waals surface area (Å²) >= 11 is 0. The van der Waals surface area contributed by atoms with Gasteiger partial charge in [-0.15, -0.1) is 0 Å². The van der Waals surface area contributed by atoms with Crippen LogP contribution in [-0.4, -0.2) is 57.6 Å². The molecule has 0 bridgehead atoms. The summed E-state index contributed by atoms with van der Waals surface area (Å²) in [6.45, 7) is 2.98. The van der Waals surface area contributed by atoms with Crippen LogP contribution < -0.4 is 14.4 Å². The maximum Gasteiger partial charge on any atom is 0.243 e. The molecule has 2 amide bonds. The summed E-state index contributed by atoms with van der Waals surface area (Å²) in [4.78, 5) is 29.0. The number of ether oxygens (including phenoxy) is 1. The largest absolute Gasteiger partial charge is 0.497 e. The minimum Gasteiger partial charge on any atom is -0.497 e. The molecule has 1 atom stereocenters. The normalized spacial score (nSPS) is 11.9. The predicted molar refractivity (Wildman–Crippen MR) is 163 cm³/mol. The fourth-order valence-electron chi connectivity index (χ4n) is 4.61. The van der Waals surface area contributed by atoms with E-state index in [1.54, 1.807) is 29.2 Å². The molecule has 3 aromatic rings. The van der Waals surface area contributed by atoms with Gasteiger partial charge in [-0.2, -0.15) is 0 Å². The van der Waals surface area contributed by atoms with Crippen molar-refractivity contribution in [3.63, 3.8) is 0 Å². The number of carbonyl (C=O) groups excluding carboxylic acids is 2. The first kappa shape index (κ1) is 31.7. The molecule has 3 rings (SSSR count). The number of anilines is 1. The fourth-order valence-corrected chi connectivity index (χ4v) is 5.57. The Bertz CT molecular complexity index is 1350. The number of rotatable bonds is 16. The molecule has 0 fully saturated rings. The Morgan fingerprint density at radius 3 is 2.17 bits per heavy atom. The average Bonchev–Trinajstić information content (AvgIpc) is 2.97. The molecule has 1 unspecified atom stereocenters. The van der Waals surface area contributed by atoms with E-state index >= 15 is 0 Å². The Kier molecular flexibility index (Phi) is 12.2. The van der Waals surface area contributed by atoms with Crippen molar-refractivity contribution in [1.82, 2.24) is 10.2 Å². The summed E-state index contributed by atoms with van der Waals surface area (Å²) < 4.78 is 31.8. The quantitative estimate of drug-likeness (QED) is 0.246. The van der Waals surface area contributed by atoms with Crippen molar-refractivity contribution in [1.29, 1.82) is 0 Å². The second-order valence-corrected chi connectivity index (χ2v) is 11.9. The van der Waals surface area contributed by atoms with Crippen molar-refractivity contribution in [3.05, 3.63) is 96.1 Å². The van der Waals surface area contributed by atoms with E-state index in [-0.39, 0.29) is 37.7 Å². The number of unbranched alkanes of at least 4 members (excludes halogenated alkanes) is 1. The molecule has 9 heteroatoms. The molecule has 0 saturated carbocycles. The van der Waals surface area contributed by atoms with Gasteiger partial charge in [0.25, 0.3) is 0 Å². The van der Waals surface area contributed by atoms with Gasteiger partial charge in [0, 0.05) is 38.5 Å². The van der Waals surface area contributed by atoms with E-state index < -0.39 is 16.1 Å². The van der Waals surface area contributed by atoms with Gasteiger partial charge in [0.05, 0.1) is 19.1 Å². The SMILES string of the molecule is CCCCNC(=O)C(Cc1ccccc1)N(Cc1ccccc1)C(=O)CCCN(c1cccc(OC)c1)S(C)(=O)=O. The third kappa shape index (κ3) is 9.93. The molecule has 0 saturated heterocycles. The Labute approximate surface area is 244 Å². The van der Waals surface area contributed by atoms with Crippen LogP contribution in [-0.2, 0) is 32.6 Å². The molecule has 220 valence electrons. The lowest BCUT2D eigenvalue weighted by Crippen LogP contribution is -2.50. The van der Waals surface area contributed by atoms with Crippen molar-refractivity contribution in [2.45, 2.75) is 51.6 Å². The summed E-state index contributed by atoms with van der Waals surface area (Å²) in [7, 11) is -2.08. The third-order valence-corrected chi connectivity index (χ3v) is 7.98. The first-order valence-electron chi connectivity index (χ1n) is 14.0. The second kappa shape index (κ2) is 15.8. The molecular formula is C32H41N3O5S. The number of sulfonamides is 1. The van der Waals surface area contributed by atoms with Gasteiger partial charge in [-0.3, -0.25) is 13.9 Å². The molecule has 0 aliphatic carbocycles. The van der Waals surface area contributed by atoms with Crippen molar-refractivity contribution < 1.29 is 22.7 Å². The maximum atomic E-state index is 13.8. The van der Waals surface area contributed by atoms with Gasteiger partial charge in [0.1, 0.15) is 11.8 Å². The molecule has 8 nitrogen and oxygen atoms in total. The van der Waals surface area contributed by atoms with E-state index in [0.717, 1.165) is 30.2 Å². The predicted octanol–water partition coefficient (Wildman–Crippen LogP) is 4.80. The van der Waals surface area contributed by atoms with E-state index in [2.05, 4.69) is 12.2 Å². The van der Waals surface area contributed by atoms with E-state index in [1.165, 1.54) is 11.4 Å². The van der Waals surface area contributed by atoms with Gasteiger partial charge >= 0.3 is 0 Å². The minimum absolute atomic E-state index is 0.0797. The van der Waals surface area contributed by atoms with Gasteiger partial charge in [-0.1, -0.05) is 80.1 Å². The van der Waals surface area contributed by atoms with Gasteiger partial charge in [-0.05, 0) is 36.1 Å². The minimum atomic E-state index is -3.60. The molecule has 0 radical (unpaired) electrons. The Morgan fingerprint density at radius 2 is 1.56 bits per heavy atom. The number of amides is 2. The van der Waals surface area contributed by atoms with Crippen LogP contribution in [0.3, 0.4) is 0 Å². The smallest absolute Gasteiger partial charge is 0.243 e. The van der Waals surface area contributed by atoms with Gasteiger partial charge in [-0.25, -0.2) is 8.42 Å². The van der Waals surface area contributed by atoms with Crippen LogP contribution in [0.15, 0.2) is 84.9 Å². The van der Waals surface area contributed by atoms with Crippen LogP contribution in [0.1, 0.15) is 43.7 Å². The highest BCUT2D eigenvalue weighted by Crippen LogP contribution is 2.24. The van der Waals surface area contributed by atoms with E-state index in [0.29, 0.717) is 24.4 Å². The van der Waals surface area contributed by atoms with Crippen molar-refractivity contribution in [2.75, 3.05) is 30.8 Å². The van der Waals surface area contributed by atoms with Crippen molar-refractivity contribution in [2.24, 2.45) is 0 Å². The third-order valence-electron chi connectivity index (χ3n) is 6.79. The number of hydrogen-bond donors (Lipinski definition) is 1. The summed E-state index contributed by atoms with van der Waals surface area (Å²) in [6, 6.07) is 25.4. The number of hydrogen-bond acceptors (Lipinski definition) is 5. The van der Waals surface area contributed by atoms with Gasteiger partial charge in [0.15, 0.2) is 0 Å². The lowest BCUT2D eigenvalue weighted by Gasteiger charge is -2.32. The Balaban J connectivity index is 1.85. The molecule has 0 aromatic heterocycles. The van der Waals surface area contributed by atoms with E-state index in [9.17, 15) is 18.0 Å². The number of carbonyl (C=O) groups is 2. The van der Waals surface area contributed by atoms with Crippen LogP contribution in [0.25, 0.3) is 0 Å². The zero-order valence-corrected chi connectivity index (χ0v) is 25.0. The molecule has 41 heavy (non-hydrogen) atoms. The molecule has 0 spiro atoms. The van der Waals surface area contributed by atoms with Crippen LogP contribution >= 0.6 is 0 Å². The van der Waals surface area contributed by atoms with E-state index in [4.69, 9.17) is 4.74 Å². The zero-order valence-electron chi connectivity index (χ0n) is 24.2. The standard InChI is InChI=1S/C32H41N3O5S/c1-4-5-21-33-32(37)30(23-26-14-8-6-9-15-26)34(25-27-16-10-7-11-17-27)31(36)20-13-22-35(41(3,38)39)28-18-12-19-29(24-28)40-2/h6-12,14-19,24,30H,4-5,13,20-23,25H2,1-3H3,(H,33,37). The summed E-state index contributed by atoms with van der Waals surface area (Å²) in [6.07, 6.45) is 3.67. The highest BCUT2D eigenvalue weighted by atomic mass is 32.2. The maximum absolute atomic E-state index is 13.8. The second-order valence-electron chi connectivity index (χ2n) is 10.00. The van der Waals surface area contributed by atoms with Gasteiger partial charge in [0.2, 0.25) is 21.8 Å². The van der Waals surface area contributed by atoms with Crippen LogP contribution in [0.4, 0.5) is 5.69 Å². The highest BCUT2D eigenvalue weighted by molar-refractivity contribution is 7.92. The van der Waals surface area contributed by atoms with Crippen LogP contribution in [0.2, 0.25) is 0 Å². The number of benzene rings is 3. The molecular weight excluding hydrogens is 538 g/mol. The first-order chi connectivity index (χ1) is 19.7. The lowest BCUT2D eigenvalue weighted by atomic mass is 10.0. The zero-order chi connectivity index (χ0) is 29.7. The first-order valence-corrected chi connectivity index (χ1v) is 15.8. The monoisotopic (exact) mass is 579 g/mol. The highest BCUT2D eigenvalue weighted by Gasteiger charge is 2.30. The number of nitrogens with one attached hydrogen (secondary N) is 1. The number of methoxy groups -OCH3 is 1. The lowest BCUT2D eigenvalue weighted by molar-refractivity contribution is -0.141. The average molecular weight is 580 g/mol.